The largest absolute Gasteiger partial charge is 0.358 e. The molecule has 0 fully saturated rings. The number of pyridine rings is 1. The smallest absolute Gasteiger partial charge is 0.157 e. The molecule has 1 N–H and O–H groups in total. The zero-order chi connectivity index (χ0) is 13.7. The van der Waals surface area contributed by atoms with Crippen LogP contribution < -0.4 is 5.32 Å². The summed E-state index contributed by atoms with van der Waals surface area (Å²) in [5, 5.41) is 5.27. The van der Waals surface area contributed by atoms with Crippen LogP contribution in [0, 0.1) is 5.92 Å². The summed E-state index contributed by atoms with van der Waals surface area (Å²) in [6.07, 6.45) is 6.17. The first-order valence-corrected chi connectivity index (χ1v) is 8.00. The molecule has 1 aliphatic rings. The van der Waals surface area contributed by atoms with Crippen LogP contribution in [0.3, 0.4) is 0 Å². The van der Waals surface area contributed by atoms with Crippen LogP contribution in [0.1, 0.15) is 45.2 Å². The van der Waals surface area contributed by atoms with Gasteiger partial charge in [0.2, 0.25) is 0 Å². The van der Waals surface area contributed by atoms with Crippen LogP contribution in [0.15, 0.2) is 29.5 Å². The van der Waals surface area contributed by atoms with E-state index in [2.05, 4.69) is 48.2 Å². The predicted octanol–water partition coefficient (Wildman–Crippen LogP) is 3.64. The summed E-state index contributed by atoms with van der Waals surface area (Å²) in [6.45, 7) is 7.69. The lowest BCUT2D eigenvalue weighted by atomic mass is 9.99. The monoisotopic (exact) mass is 277 g/mol. The Bertz CT molecular complexity index is 415. The highest BCUT2D eigenvalue weighted by Gasteiger charge is 2.26. The highest BCUT2D eigenvalue weighted by molar-refractivity contribution is 8.14. The summed E-state index contributed by atoms with van der Waals surface area (Å²) in [4.78, 5) is 8.71. The van der Waals surface area contributed by atoms with Gasteiger partial charge in [0.25, 0.3) is 0 Å². The SMILES string of the molecule is CCC(CC)C1CN=C(NC(C)c2ccncc2)S1. The maximum absolute atomic E-state index is 4.65. The zero-order valence-corrected chi connectivity index (χ0v) is 12.8. The molecule has 2 heterocycles. The van der Waals surface area contributed by atoms with Crippen molar-refractivity contribution in [3.05, 3.63) is 30.1 Å². The van der Waals surface area contributed by atoms with Gasteiger partial charge in [0, 0.05) is 17.6 Å². The Morgan fingerprint density at radius 1 is 1.32 bits per heavy atom. The summed E-state index contributed by atoms with van der Waals surface area (Å²) >= 11 is 1.91. The highest BCUT2D eigenvalue weighted by atomic mass is 32.2. The first-order chi connectivity index (χ1) is 9.24. The Morgan fingerprint density at radius 2 is 2.00 bits per heavy atom. The van der Waals surface area contributed by atoms with Crippen LogP contribution in [0.25, 0.3) is 0 Å². The van der Waals surface area contributed by atoms with E-state index in [1.54, 1.807) is 0 Å². The number of rotatable bonds is 5. The molecule has 19 heavy (non-hydrogen) atoms. The number of aliphatic imine (C=N–C) groups is 1. The summed E-state index contributed by atoms with van der Waals surface area (Å²) in [7, 11) is 0. The molecule has 0 saturated heterocycles. The van der Waals surface area contributed by atoms with E-state index in [1.165, 1.54) is 18.4 Å². The number of nitrogens with one attached hydrogen (secondary N) is 1. The van der Waals surface area contributed by atoms with Gasteiger partial charge in [-0.25, -0.2) is 0 Å². The molecule has 2 unspecified atom stereocenters. The molecule has 0 bridgehead atoms. The third-order valence-corrected chi connectivity index (χ3v) is 5.11. The molecule has 0 saturated carbocycles. The van der Waals surface area contributed by atoms with Crippen LogP contribution >= 0.6 is 11.8 Å². The van der Waals surface area contributed by atoms with Gasteiger partial charge in [0.15, 0.2) is 5.17 Å². The van der Waals surface area contributed by atoms with Crippen molar-refractivity contribution in [2.75, 3.05) is 6.54 Å². The van der Waals surface area contributed by atoms with E-state index in [9.17, 15) is 0 Å². The number of nitrogens with zero attached hydrogens (tertiary/aromatic N) is 2. The molecule has 3 nitrogen and oxygen atoms in total. The van der Waals surface area contributed by atoms with Crippen molar-refractivity contribution in [2.24, 2.45) is 10.9 Å². The molecule has 0 amide bonds. The number of aromatic nitrogens is 1. The van der Waals surface area contributed by atoms with Crippen molar-refractivity contribution >= 4 is 16.9 Å². The molecular weight excluding hydrogens is 254 g/mol. The Hall–Kier alpha value is -1.03. The minimum atomic E-state index is 0.287. The number of hydrogen-bond donors (Lipinski definition) is 1. The molecule has 4 heteroatoms. The van der Waals surface area contributed by atoms with Gasteiger partial charge < -0.3 is 5.32 Å². The van der Waals surface area contributed by atoms with Crippen molar-refractivity contribution in [1.82, 2.24) is 10.3 Å². The van der Waals surface area contributed by atoms with E-state index >= 15 is 0 Å². The zero-order valence-electron chi connectivity index (χ0n) is 12.0. The van der Waals surface area contributed by atoms with E-state index < -0.39 is 0 Å². The minimum Gasteiger partial charge on any atom is -0.358 e. The van der Waals surface area contributed by atoms with Gasteiger partial charge in [-0.15, -0.1) is 0 Å². The molecular formula is C15H23N3S. The second-order valence-electron chi connectivity index (χ2n) is 5.03. The van der Waals surface area contributed by atoms with Crippen molar-refractivity contribution in [3.8, 4) is 0 Å². The highest BCUT2D eigenvalue weighted by Crippen LogP contribution is 2.31. The van der Waals surface area contributed by atoms with Crippen LogP contribution in [0.4, 0.5) is 0 Å². The number of thioether (sulfide) groups is 1. The van der Waals surface area contributed by atoms with Gasteiger partial charge in [-0.3, -0.25) is 9.98 Å². The van der Waals surface area contributed by atoms with Crippen LogP contribution in [-0.4, -0.2) is 21.9 Å². The topological polar surface area (TPSA) is 37.3 Å². The molecule has 0 aromatic carbocycles. The molecule has 0 aliphatic carbocycles. The third kappa shape index (κ3) is 3.72. The van der Waals surface area contributed by atoms with Gasteiger partial charge in [-0.2, -0.15) is 0 Å². The molecule has 2 rings (SSSR count). The molecule has 1 aromatic rings. The average Bonchev–Trinajstić information content (AvgIpc) is 2.89. The van der Waals surface area contributed by atoms with Gasteiger partial charge in [0.05, 0.1) is 12.6 Å². The lowest BCUT2D eigenvalue weighted by Crippen LogP contribution is -2.24. The van der Waals surface area contributed by atoms with Crippen LogP contribution in [-0.2, 0) is 0 Å². The van der Waals surface area contributed by atoms with E-state index in [-0.39, 0.29) is 6.04 Å². The molecule has 2 atom stereocenters. The second kappa shape index (κ2) is 6.94. The number of hydrogen-bond acceptors (Lipinski definition) is 4. The lowest BCUT2D eigenvalue weighted by Gasteiger charge is -2.20. The predicted molar refractivity (Wildman–Crippen MR) is 83.5 cm³/mol. The van der Waals surface area contributed by atoms with Crippen molar-refractivity contribution in [3.63, 3.8) is 0 Å². The minimum absolute atomic E-state index is 0.287. The Balaban J connectivity index is 1.88. The van der Waals surface area contributed by atoms with E-state index in [1.807, 2.05) is 24.2 Å². The second-order valence-corrected chi connectivity index (χ2v) is 6.25. The van der Waals surface area contributed by atoms with Crippen molar-refractivity contribution < 1.29 is 0 Å². The Kier molecular flexibility index (Phi) is 5.25. The molecule has 0 radical (unpaired) electrons. The van der Waals surface area contributed by atoms with Crippen molar-refractivity contribution in [1.29, 1.82) is 0 Å². The maximum atomic E-state index is 4.65. The van der Waals surface area contributed by atoms with Gasteiger partial charge in [-0.05, 0) is 30.5 Å². The molecule has 1 aromatic heterocycles. The molecule has 104 valence electrons. The fourth-order valence-electron chi connectivity index (χ4n) is 2.45. The normalized spacial score (nSPS) is 20.4. The van der Waals surface area contributed by atoms with Crippen LogP contribution in [0.2, 0.25) is 0 Å². The van der Waals surface area contributed by atoms with Crippen LogP contribution in [0.5, 0.6) is 0 Å². The maximum Gasteiger partial charge on any atom is 0.157 e. The standard InChI is InChI=1S/C15H23N3S/c1-4-12(5-2)14-10-17-15(19-14)18-11(3)13-6-8-16-9-7-13/h6-9,11-12,14H,4-5,10H2,1-3H3,(H,17,18). The summed E-state index contributed by atoms with van der Waals surface area (Å²) < 4.78 is 0. The van der Waals surface area contributed by atoms with Gasteiger partial charge >= 0.3 is 0 Å². The summed E-state index contributed by atoms with van der Waals surface area (Å²) in [6, 6.07) is 4.39. The molecule has 0 spiro atoms. The summed E-state index contributed by atoms with van der Waals surface area (Å²) in [5.41, 5.74) is 1.25. The Labute approximate surface area is 120 Å². The van der Waals surface area contributed by atoms with Gasteiger partial charge in [-0.1, -0.05) is 38.5 Å². The average molecular weight is 277 g/mol. The van der Waals surface area contributed by atoms with Gasteiger partial charge in [0.1, 0.15) is 0 Å². The molecule has 1 aliphatic heterocycles. The third-order valence-electron chi connectivity index (χ3n) is 3.80. The number of amidine groups is 1. The van der Waals surface area contributed by atoms with E-state index in [0.717, 1.165) is 17.6 Å². The first-order valence-electron chi connectivity index (χ1n) is 7.12. The fraction of sp³-hybridized carbons (Fsp3) is 0.600. The fourth-order valence-corrected chi connectivity index (χ4v) is 3.86. The summed E-state index contributed by atoms with van der Waals surface area (Å²) in [5.74, 6) is 0.782. The first kappa shape index (κ1) is 14.4. The van der Waals surface area contributed by atoms with E-state index in [0.29, 0.717) is 5.25 Å². The van der Waals surface area contributed by atoms with E-state index in [4.69, 9.17) is 0 Å². The quantitative estimate of drug-likeness (QED) is 0.893. The lowest BCUT2D eigenvalue weighted by molar-refractivity contribution is 0.479. The Morgan fingerprint density at radius 3 is 2.63 bits per heavy atom. The van der Waals surface area contributed by atoms with Crippen molar-refractivity contribution in [2.45, 2.75) is 44.9 Å².